The molecule has 0 spiro atoms. The van der Waals surface area contributed by atoms with Gasteiger partial charge in [0, 0.05) is 31.7 Å². The second-order valence-electron chi connectivity index (χ2n) is 8.45. The molecule has 1 atom stereocenters. The van der Waals surface area contributed by atoms with Gasteiger partial charge >= 0.3 is 0 Å². The number of fused-ring (bicyclic) bond motifs is 3. The summed E-state index contributed by atoms with van der Waals surface area (Å²) in [6.07, 6.45) is 1.55. The Labute approximate surface area is 202 Å². The molecule has 176 valence electrons. The Morgan fingerprint density at radius 2 is 1.82 bits per heavy atom. The number of hydrogen-bond acceptors (Lipinski definition) is 6. The Balaban J connectivity index is 1.26. The van der Waals surface area contributed by atoms with Crippen LogP contribution in [0, 0.1) is 5.82 Å². The normalized spacial score (nSPS) is 19.5. The van der Waals surface area contributed by atoms with Gasteiger partial charge in [0.15, 0.2) is 5.17 Å². The molecule has 0 aliphatic carbocycles. The first-order chi connectivity index (χ1) is 16.6. The summed E-state index contributed by atoms with van der Waals surface area (Å²) in [5.74, 6) is 0.458. The minimum Gasteiger partial charge on any atom is -0.366 e. The van der Waals surface area contributed by atoms with E-state index in [0.717, 1.165) is 17.7 Å². The zero-order chi connectivity index (χ0) is 23.7. The summed E-state index contributed by atoms with van der Waals surface area (Å²) in [5, 5.41) is 0.499. The molecule has 0 radical (unpaired) electrons. The molecule has 0 N–H and O–H groups in total. The number of carbonyl (C=O) groups excluding carboxylic acids is 2. The first-order valence-corrected chi connectivity index (χ1v) is 12.5. The third-order valence-corrected chi connectivity index (χ3v) is 7.18. The average molecular weight is 480 g/mol. The van der Waals surface area contributed by atoms with Crippen molar-refractivity contribution in [2.24, 2.45) is 9.98 Å². The monoisotopic (exact) mass is 479 g/mol. The van der Waals surface area contributed by atoms with Crippen LogP contribution >= 0.6 is 11.8 Å². The van der Waals surface area contributed by atoms with Gasteiger partial charge in [0.1, 0.15) is 17.7 Å². The number of benzene rings is 2. The molecule has 2 aromatic rings. The number of nitrogens with zero attached hydrogens (tertiary/aromatic N) is 5. The summed E-state index contributed by atoms with van der Waals surface area (Å²) in [4.78, 5) is 40.8. The lowest BCUT2D eigenvalue weighted by atomic mass is 10.1. The van der Waals surface area contributed by atoms with Gasteiger partial charge in [-0.15, -0.1) is 0 Å². The maximum Gasteiger partial charge on any atom is 0.259 e. The number of aliphatic imine (C=N–C) groups is 2. The Bertz CT molecular complexity index is 1180. The zero-order valence-corrected chi connectivity index (χ0v) is 19.8. The van der Waals surface area contributed by atoms with Crippen LogP contribution in [-0.2, 0) is 9.59 Å². The quantitative estimate of drug-likeness (QED) is 0.656. The van der Waals surface area contributed by atoms with E-state index in [0.29, 0.717) is 49.3 Å². The molecular formula is C25H26FN5O2S. The molecule has 2 amide bonds. The zero-order valence-electron chi connectivity index (χ0n) is 19.0. The number of amides is 2. The van der Waals surface area contributed by atoms with E-state index in [-0.39, 0.29) is 23.4 Å². The molecule has 0 bridgehead atoms. The largest absolute Gasteiger partial charge is 0.366 e. The van der Waals surface area contributed by atoms with Crippen molar-refractivity contribution in [2.75, 3.05) is 36.8 Å². The van der Waals surface area contributed by atoms with E-state index >= 15 is 0 Å². The summed E-state index contributed by atoms with van der Waals surface area (Å²) in [5.41, 5.74) is 2.17. The van der Waals surface area contributed by atoms with Crippen LogP contribution in [0.2, 0.25) is 0 Å². The van der Waals surface area contributed by atoms with Crippen molar-refractivity contribution in [2.45, 2.75) is 25.8 Å². The van der Waals surface area contributed by atoms with Crippen LogP contribution in [0.15, 0.2) is 58.5 Å². The van der Waals surface area contributed by atoms with Gasteiger partial charge in [-0.05, 0) is 30.7 Å². The molecule has 1 unspecified atom stereocenters. The van der Waals surface area contributed by atoms with Crippen LogP contribution in [0.25, 0.3) is 0 Å². The molecule has 0 aromatic heterocycles. The molecule has 9 heteroatoms. The van der Waals surface area contributed by atoms with Gasteiger partial charge in [-0.1, -0.05) is 49.4 Å². The summed E-state index contributed by atoms with van der Waals surface area (Å²) in [6, 6.07) is 13.9. The van der Waals surface area contributed by atoms with Crippen LogP contribution in [-0.4, -0.2) is 70.6 Å². The van der Waals surface area contributed by atoms with Crippen LogP contribution < -0.4 is 4.90 Å². The van der Waals surface area contributed by atoms with Gasteiger partial charge in [0.25, 0.3) is 5.91 Å². The molecule has 1 saturated heterocycles. The second kappa shape index (κ2) is 9.58. The molecule has 5 rings (SSSR count). The van der Waals surface area contributed by atoms with Crippen molar-refractivity contribution in [1.82, 2.24) is 9.80 Å². The molecule has 2 aromatic carbocycles. The number of amidine groups is 2. The molecule has 1 fully saturated rings. The fraction of sp³-hybridized carbons (Fsp3) is 0.360. The lowest BCUT2D eigenvalue weighted by Gasteiger charge is -2.36. The Morgan fingerprint density at radius 3 is 2.59 bits per heavy atom. The highest BCUT2D eigenvalue weighted by Crippen LogP contribution is 2.34. The van der Waals surface area contributed by atoms with Crippen molar-refractivity contribution in [3.8, 4) is 0 Å². The molecule has 3 aliphatic rings. The molecule has 34 heavy (non-hydrogen) atoms. The number of anilines is 1. The minimum absolute atomic E-state index is 0.0185. The van der Waals surface area contributed by atoms with E-state index < -0.39 is 6.04 Å². The summed E-state index contributed by atoms with van der Waals surface area (Å²) < 4.78 is 14.1. The number of carbonyl (C=O) groups is 2. The van der Waals surface area contributed by atoms with Crippen LogP contribution in [0.4, 0.5) is 15.8 Å². The van der Waals surface area contributed by atoms with E-state index in [1.54, 1.807) is 21.9 Å². The van der Waals surface area contributed by atoms with E-state index in [1.165, 1.54) is 17.8 Å². The first-order valence-electron chi connectivity index (χ1n) is 11.6. The highest BCUT2D eigenvalue weighted by Gasteiger charge is 2.41. The van der Waals surface area contributed by atoms with E-state index in [2.05, 4.69) is 0 Å². The maximum atomic E-state index is 14.1. The number of piperazine rings is 1. The van der Waals surface area contributed by atoms with E-state index in [1.807, 2.05) is 42.2 Å². The van der Waals surface area contributed by atoms with Crippen molar-refractivity contribution >= 4 is 46.0 Å². The van der Waals surface area contributed by atoms with Crippen LogP contribution in [0.1, 0.15) is 25.3 Å². The molecule has 3 heterocycles. The summed E-state index contributed by atoms with van der Waals surface area (Å²) >= 11 is 1.27. The standard InChI is InChI=1S/C25H26FN5O2S/c1-2-7-20-24(33)31-23(27-20)17-8-3-5-10-19(17)28-25(31)34-16-22(32)30-14-12-29(13-15-30)21-11-6-4-9-18(21)26/h3-6,8-11,20H,2,7,12-16H2,1H3. The average Bonchev–Trinajstić information content (AvgIpc) is 3.19. The number of halogens is 1. The third kappa shape index (κ3) is 4.20. The van der Waals surface area contributed by atoms with Crippen molar-refractivity contribution in [3.63, 3.8) is 0 Å². The predicted octanol–water partition coefficient (Wildman–Crippen LogP) is 3.67. The van der Waals surface area contributed by atoms with Crippen LogP contribution in [0.5, 0.6) is 0 Å². The van der Waals surface area contributed by atoms with E-state index in [4.69, 9.17) is 9.98 Å². The smallest absolute Gasteiger partial charge is 0.259 e. The third-order valence-electron chi connectivity index (χ3n) is 6.26. The van der Waals surface area contributed by atoms with Gasteiger partial charge in [-0.25, -0.2) is 14.3 Å². The predicted molar refractivity (Wildman–Crippen MR) is 133 cm³/mol. The number of rotatable bonds is 5. The molecular weight excluding hydrogens is 453 g/mol. The minimum atomic E-state index is -0.404. The lowest BCUT2D eigenvalue weighted by molar-refractivity contribution is -0.128. The van der Waals surface area contributed by atoms with Gasteiger partial charge in [-0.2, -0.15) is 0 Å². The maximum absolute atomic E-state index is 14.1. The van der Waals surface area contributed by atoms with Crippen molar-refractivity contribution in [1.29, 1.82) is 0 Å². The highest BCUT2D eigenvalue weighted by atomic mass is 32.2. The topological polar surface area (TPSA) is 68.6 Å². The van der Waals surface area contributed by atoms with Crippen molar-refractivity contribution < 1.29 is 14.0 Å². The highest BCUT2D eigenvalue weighted by molar-refractivity contribution is 8.14. The summed E-state index contributed by atoms with van der Waals surface area (Å²) in [6.45, 7) is 4.23. The molecule has 3 aliphatic heterocycles. The Morgan fingerprint density at radius 1 is 1.09 bits per heavy atom. The van der Waals surface area contributed by atoms with Gasteiger partial charge in [0.05, 0.1) is 17.1 Å². The fourth-order valence-corrected chi connectivity index (χ4v) is 5.39. The first kappa shape index (κ1) is 22.6. The fourth-order valence-electron chi connectivity index (χ4n) is 4.48. The SMILES string of the molecule is CCCC1N=C2c3ccccc3N=C(SCC(=O)N3CCN(c4ccccc4F)CC3)N2C1=O. The van der Waals surface area contributed by atoms with Crippen molar-refractivity contribution in [3.05, 3.63) is 59.9 Å². The molecule has 0 saturated carbocycles. The Kier molecular flexibility index (Phi) is 6.36. The van der Waals surface area contributed by atoms with E-state index in [9.17, 15) is 14.0 Å². The van der Waals surface area contributed by atoms with Gasteiger partial charge < -0.3 is 9.80 Å². The van der Waals surface area contributed by atoms with Crippen LogP contribution in [0.3, 0.4) is 0 Å². The number of thioether (sulfide) groups is 1. The second-order valence-corrected chi connectivity index (χ2v) is 9.39. The lowest BCUT2D eigenvalue weighted by Crippen LogP contribution is -2.50. The number of hydrogen-bond donors (Lipinski definition) is 0. The Hall–Kier alpha value is -3.20. The number of para-hydroxylation sites is 2. The molecule has 7 nitrogen and oxygen atoms in total. The van der Waals surface area contributed by atoms with Gasteiger partial charge in [0.2, 0.25) is 5.91 Å². The summed E-state index contributed by atoms with van der Waals surface area (Å²) in [7, 11) is 0. The van der Waals surface area contributed by atoms with Gasteiger partial charge in [-0.3, -0.25) is 14.6 Å².